The Labute approximate surface area is 117 Å². The van der Waals surface area contributed by atoms with E-state index in [2.05, 4.69) is 11.6 Å². The summed E-state index contributed by atoms with van der Waals surface area (Å²) in [6, 6.07) is 3.49. The zero-order valence-corrected chi connectivity index (χ0v) is 11.9. The predicted molar refractivity (Wildman–Crippen MR) is 77.8 cm³/mol. The second kappa shape index (κ2) is 6.39. The van der Waals surface area contributed by atoms with Gasteiger partial charge in [0.25, 0.3) is 0 Å². The van der Waals surface area contributed by atoms with Crippen molar-refractivity contribution < 1.29 is 15.3 Å². The predicted octanol–water partition coefficient (Wildman–Crippen LogP) is 2.57. The van der Waals surface area contributed by atoms with Crippen LogP contribution in [0.3, 0.4) is 0 Å². The van der Waals surface area contributed by atoms with E-state index in [1.165, 1.54) is 18.9 Å². The summed E-state index contributed by atoms with van der Waals surface area (Å²) >= 11 is 1.92. The Morgan fingerprint density at radius 2 is 2.00 bits per heavy atom. The zero-order chi connectivity index (χ0) is 13.8. The van der Waals surface area contributed by atoms with Gasteiger partial charge in [0.2, 0.25) is 5.75 Å². The number of thioether (sulfide) groups is 1. The lowest BCUT2D eigenvalue weighted by atomic mass is 9.94. The molecule has 4 nitrogen and oxygen atoms in total. The first-order chi connectivity index (χ1) is 9.11. The number of hydrogen-bond donors (Lipinski definition) is 4. The van der Waals surface area contributed by atoms with Gasteiger partial charge in [-0.3, -0.25) is 0 Å². The lowest BCUT2D eigenvalue weighted by Crippen LogP contribution is -2.34. The van der Waals surface area contributed by atoms with Crippen LogP contribution in [0.15, 0.2) is 12.1 Å². The van der Waals surface area contributed by atoms with Crippen LogP contribution in [-0.4, -0.2) is 32.9 Å². The Morgan fingerprint density at radius 1 is 1.21 bits per heavy atom. The maximum absolute atomic E-state index is 9.75. The van der Waals surface area contributed by atoms with E-state index in [-0.39, 0.29) is 11.5 Å². The first kappa shape index (κ1) is 14.3. The van der Waals surface area contributed by atoms with Crippen molar-refractivity contribution in [3.8, 4) is 17.2 Å². The molecule has 5 heteroatoms. The molecule has 2 unspecified atom stereocenters. The molecular formula is C14H21NO3S. The fourth-order valence-corrected chi connectivity index (χ4v) is 3.38. The minimum atomic E-state index is -0.440. The molecule has 0 spiro atoms. The minimum absolute atomic E-state index is 0.232. The van der Waals surface area contributed by atoms with Crippen LogP contribution in [0.4, 0.5) is 0 Å². The Bertz CT molecular complexity index is 439. The largest absolute Gasteiger partial charge is 0.504 e. The van der Waals surface area contributed by atoms with Gasteiger partial charge >= 0.3 is 0 Å². The summed E-state index contributed by atoms with van der Waals surface area (Å²) in [5.74, 6) is -0.962. The maximum atomic E-state index is 9.75. The van der Waals surface area contributed by atoms with Crippen molar-refractivity contribution in [2.24, 2.45) is 0 Å². The monoisotopic (exact) mass is 283 g/mol. The molecule has 1 aromatic rings. The van der Waals surface area contributed by atoms with Crippen LogP contribution in [-0.2, 0) is 6.54 Å². The first-order valence-corrected chi connectivity index (χ1v) is 7.89. The maximum Gasteiger partial charge on any atom is 0.200 e. The molecule has 0 saturated heterocycles. The highest BCUT2D eigenvalue weighted by molar-refractivity contribution is 7.99. The summed E-state index contributed by atoms with van der Waals surface area (Å²) in [5, 5.41) is 32.6. The fraction of sp³-hybridized carbons (Fsp3) is 0.571. The summed E-state index contributed by atoms with van der Waals surface area (Å²) in [6.45, 7) is 0.505. The highest BCUT2D eigenvalue weighted by Crippen LogP contribution is 2.37. The average molecular weight is 283 g/mol. The van der Waals surface area contributed by atoms with Gasteiger partial charge in [-0.25, -0.2) is 0 Å². The molecule has 2 rings (SSSR count). The third-order valence-corrected chi connectivity index (χ3v) is 4.85. The molecule has 1 aliphatic rings. The topological polar surface area (TPSA) is 72.7 Å². The third kappa shape index (κ3) is 3.48. The van der Waals surface area contributed by atoms with Crippen LogP contribution < -0.4 is 5.32 Å². The Kier molecular flexibility index (Phi) is 4.82. The van der Waals surface area contributed by atoms with E-state index in [1.807, 2.05) is 11.8 Å². The third-order valence-electron chi connectivity index (χ3n) is 3.75. The number of phenolic OH excluding ortho intramolecular Hbond substituents is 3. The lowest BCUT2D eigenvalue weighted by Gasteiger charge is -2.29. The van der Waals surface area contributed by atoms with Crippen LogP contribution in [0, 0.1) is 0 Å². The first-order valence-electron chi connectivity index (χ1n) is 6.60. The number of aromatic hydroxyl groups is 3. The standard InChI is InChI=1S/C14H21NO3S/c1-19-11-4-2-3-10(7-11)15-8-9-5-6-12(16)14(18)13(9)17/h5-6,10-11,15-18H,2-4,7-8H2,1H3. The number of nitrogens with one attached hydrogen (secondary N) is 1. The molecule has 4 N–H and O–H groups in total. The van der Waals surface area contributed by atoms with Crippen LogP contribution >= 0.6 is 11.8 Å². The van der Waals surface area contributed by atoms with Gasteiger partial charge in [-0.2, -0.15) is 11.8 Å². The van der Waals surface area contributed by atoms with E-state index in [9.17, 15) is 15.3 Å². The lowest BCUT2D eigenvalue weighted by molar-refractivity contribution is 0.356. The molecule has 1 saturated carbocycles. The highest BCUT2D eigenvalue weighted by Gasteiger charge is 2.21. The minimum Gasteiger partial charge on any atom is -0.504 e. The molecule has 0 aliphatic heterocycles. The van der Waals surface area contributed by atoms with Crippen LogP contribution in [0.1, 0.15) is 31.2 Å². The molecule has 1 aromatic carbocycles. The molecule has 0 aromatic heterocycles. The van der Waals surface area contributed by atoms with E-state index in [0.29, 0.717) is 23.4 Å². The smallest absolute Gasteiger partial charge is 0.200 e. The quantitative estimate of drug-likeness (QED) is 0.639. The zero-order valence-electron chi connectivity index (χ0n) is 11.1. The second-order valence-corrected chi connectivity index (χ2v) is 6.18. The number of rotatable bonds is 4. The fourth-order valence-electron chi connectivity index (χ4n) is 2.55. The van der Waals surface area contributed by atoms with Gasteiger partial charge in [-0.15, -0.1) is 0 Å². The Hall–Kier alpha value is -1.07. The van der Waals surface area contributed by atoms with E-state index in [4.69, 9.17) is 0 Å². The molecule has 0 amide bonds. The number of benzene rings is 1. The van der Waals surface area contributed by atoms with Gasteiger partial charge in [0, 0.05) is 23.4 Å². The molecule has 1 aliphatic carbocycles. The number of hydrogen-bond acceptors (Lipinski definition) is 5. The Morgan fingerprint density at radius 3 is 2.74 bits per heavy atom. The van der Waals surface area contributed by atoms with E-state index >= 15 is 0 Å². The van der Waals surface area contributed by atoms with Gasteiger partial charge in [-0.1, -0.05) is 12.5 Å². The van der Waals surface area contributed by atoms with Gasteiger partial charge in [0.05, 0.1) is 0 Å². The molecule has 106 valence electrons. The van der Waals surface area contributed by atoms with Crippen molar-refractivity contribution in [3.63, 3.8) is 0 Å². The van der Waals surface area contributed by atoms with Gasteiger partial charge < -0.3 is 20.6 Å². The highest BCUT2D eigenvalue weighted by atomic mass is 32.2. The molecular weight excluding hydrogens is 262 g/mol. The molecule has 2 atom stereocenters. The normalized spacial score (nSPS) is 23.4. The molecule has 0 heterocycles. The van der Waals surface area contributed by atoms with Crippen LogP contribution in [0.2, 0.25) is 0 Å². The summed E-state index contributed by atoms with van der Waals surface area (Å²) in [6.07, 6.45) is 6.96. The summed E-state index contributed by atoms with van der Waals surface area (Å²) in [4.78, 5) is 0. The van der Waals surface area contributed by atoms with Crippen molar-refractivity contribution in [2.45, 2.75) is 43.5 Å². The van der Waals surface area contributed by atoms with E-state index in [1.54, 1.807) is 6.07 Å². The van der Waals surface area contributed by atoms with E-state index in [0.717, 1.165) is 12.8 Å². The van der Waals surface area contributed by atoms with Crippen molar-refractivity contribution in [1.82, 2.24) is 5.32 Å². The molecule has 0 bridgehead atoms. The Balaban J connectivity index is 1.93. The summed E-state index contributed by atoms with van der Waals surface area (Å²) < 4.78 is 0. The van der Waals surface area contributed by atoms with Crippen LogP contribution in [0.5, 0.6) is 17.2 Å². The SMILES string of the molecule is CSC1CCCC(NCc2ccc(O)c(O)c2O)C1. The van der Waals surface area contributed by atoms with Crippen molar-refractivity contribution in [2.75, 3.05) is 6.26 Å². The number of phenols is 3. The molecule has 1 fully saturated rings. The van der Waals surface area contributed by atoms with Crippen molar-refractivity contribution in [3.05, 3.63) is 17.7 Å². The van der Waals surface area contributed by atoms with Crippen LogP contribution in [0.25, 0.3) is 0 Å². The summed E-state index contributed by atoms with van der Waals surface area (Å²) in [7, 11) is 0. The average Bonchev–Trinajstić information content (AvgIpc) is 2.44. The molecule has 0 radical (unpaired) electrons. The van der Waals surface area contributed by atoms with Crippen molar-refractivity contribution >= 4 is 11.8 Å². The van der Waals surface area contributed by atoms with Gasteiger partial charge in [0.1, 0.15) is 0 Å². The second-order valence-electron chi connectivity index (χ2n) is 5.04. The van der Waals surface area contributed by atoms with Gasteiger partial charge in [0.15, 0.2) is 11.5 Å². The van der Waals surface area contributed by atoms with E-state index < -0.39 is 5.75 Å². The van der Waals surface area contributed by atoms with Gasteiger partial charge in [-0.05, 0) is 31.6 Å². The van der Waals surface area contributed by atoms with Crippen molar-refractivity contribution in [1.29, 1.82) is 0 Å². The molecule has 19 heavy (non-hydrogen) atoms. The summed E-state index contributed by atoms with van der Waals surface area (Å²) in [5.41, 5.74) is 0.613.